The van der Waals surface area contributed by atoms with Gasteiger partial charge in [-0.2, -0.15) is 0 Å². The smallest absolute Gasteiger partial charge is 0.225 e. The number of hydrogen-bond acceptors (Lipinski definition) is 3. The minimum atomic E-state index is -0.197. The van der Waals surface area contributed by atoms with Crippen LogP contribution in [0.4, 0.5) is 0 Å². The van der Waals surface area contributed by atoms with Gasteiger partial charge in [0.2, 0.25) is 11.8 Å². The predicted molar refractivity (Wildman–Crippen MR) is 73.8 cm³/mol. The molecule has 20 heavy (non-hydrogen) atoms. The normalized spacial score (nSPS) is 28.9. The molecular weight excluding hydrogens is 256 g/mol. The van der Waals surface area contributed by atoms with E-state index in [2.05, 4.69) is 5.32 Å². The predicted octanol–water partition coefficient (Wildman–Crippen LogP) is 0.666. The Morgan fingerprint density at radius 3 is 2.65 bits per heavy atom. The quantitative estimate of drug-likeness (QED) is 0.777. The van der Waals surface area contributed by atoms with Crippen LogP contribution in [0.1, 0.15) is 44.9 Å². The molecule has 3 fully saturated rings. The molecule has 112 valence electrons. The molecule has 2 N–H and O–H groups in total. The molecule has 0 aromatic rings. The number of amides is 2. The Labute approximate surface area is 119 Å². The van der Waals surface area contributed by atoms with Crippen molar-refractivity contribution in [3.05, 3.63) is 0 Å². The molecule has 1 saturated heterocycles. The summed E-state index contributed by atoms with van der Waals surface area (Å²) >= 11 is 0. The van der Waals surface area contributed by atoms with Crippen molar-refractivity contribution >= 4 is 11.8 Å². The molecule has 0 aromatic heterocycles. The molecule has 0 radical (unpaired) electrons. The van der Waals surface area contributed by atoms with Gasteiger partial charge in [-0.15, -0.1) is 0 Å². The number of nitrogens with zero attached hydrogens (tertiary/aromatic N) is 1. The summed E-state index contributed by atoms with van der Waals surface area (Å²) < 4.78 is 0. The average molecular weight is 280 g/mol. The van der Waals surface area contributed by atoms with E-state index < -0.39 is 0 Å². The lowest BCUT2D eigenvalue weighted by atomic mass is 10.1. The fourth-order valence-corrected chi connectivity index (χ4v) is 3.46. The van der Waals surface area contributed by atoms with Crippen LogP contribution in [0, 0.1) is 11.3 Å². The number of carbonyl (C=O) groups excluding carboxylic acids is 2. The van der Waals surface area contributed by atoms with Gasteiger partial charge >= 0.3 is 0 Å². The first kappa shape index (κ1) is 13.9. The van der Waals surface area contributed by atoms with Gasteiger partial charge in [-0.3, -0.25) is 9.59 Å². The molecule has 5 heteroatoms. The first-order valence-electron chi connectivity index (χ1n) is 7.82. The van der Waals surface area contributed by atoms with E-state index in [1.165, 1.54) is 12.8 Å². The Hall–Kier alpha value is -1.10. The van der Waals surface area contributed by atoms with E-state index in [0.717, 1.165) is 25.7 Å². The zero-order valence-electron chi connectivity index (χ0n) is 11.9. The van der Waals surface area contributed by atoms with Gasteiger partial charge in [0.15, 0.2) is 0 Å². The van der Waals surface area contributed by atoms with Crippen molar-refractivity contribution < 1.29 is 14.7 Å². The Morgan fingerprint density at radius 2 is 2.05 bits per heavy atom. The van der Waals surface area contributed by atoms with Gasteiger partial charge in [0.1, 0.15) is 0 Å². The van der Waals surface area contributed by atoms with Gasteiger partial charge in [-0.1, -0.05) is 12.8 Å². The number of nitrogens with one attached hydrogen (secondary N) is 1. The third kappa shape index (κ3) is 2.68. The van der Waals surface area contributed by atoms with Crippen LogP contribution in [0.25, 0.3) is 0 Å². The van der Waals surface area contributed by atoms with E-state index in [4.69, 9.17) is 0 Å². The van der Waals surface area contributed by atoms with Crippen molar-refractivity contribution in [3.63, 3.8) is 0 Å². The first-order chi connectivity index (χ1) is 9.63. The largest absolute Gasteiger partial charge is 0.396 e. The second kappa shape index (κ2) is 5.35. The molecule has 0 bridgehead atoms. The van der Waals surface area contributed by atoms with E-state index in [-0.39, 0.29) is 29.8 Å². The number of hydrogen-bond donors (Lipinski definition) is 2. The minimum Gasteiger partial charge on any atom is -0.396 e. The Kier molecular flexibility index (Phi) is 3.71. The van der Waals surface area contributed by atoms with E-state index in [0.29, 0.717) is 25.6 Å². The highest BCUT2D eigenvalue weighted by Gasteiger charge is 2.43. The van der Waals surface area contributed by atoms with Crippen LogP contribution in [-0.2, 0) is 9.59 Å². The van der Waals surface area contributed by atoms with Crippen LogP contribution >= 0.6 is 0 Å². The number of rotatable bonds is 5. The fraction of sp³-hybridized carbons (Fsp3) is 0.867. The molecule has 2 saturated carbocycles. The van der Waals surface area contributed by atoms with Gasteiger partial charge in [-0.25, -0.2) is 0 Å². The van der Waals surface area contributed by atoms with Crippen LogP contribution < -0.4 is 5.32 Å². The van der Waals surface area contributed by atoms with Crippen molar-refractivity contribution in [3.8, 4) is 0 Å². The molecule has 2 amide bonds. The summed E-state index contributed by atoms with van der Waals surface area (Å²) in [6.07, 6.45) is 6.91. The summed E-state index contributed by atoms with van der Waals surface area (Å²) in [7, 11) is 0. The van der Waals surface area contributed by atoms with Crippen LogP contribution in [0.2, 0.25) is 0 Å². The van der Waals surface area contributed by atoms with E-state index in [9.17, 15) is 14.7 Å². The first-order valence-corrected chi connectivity index (χ1v) is 7.82. The molecule has 2 aliphatic carbocycles. The molecular formula is C15H24N2O3. The van der Waals surface area contributed by atoms with E-state index >= 15 is 0 Å². The molecule has 0 spiro atoms. The van der Waals surface area contributed by atoms with E-state index in [1.54, 1.807) is 0 Å². The zero-order chi connectivity index (χ0) is 14.2. The van der Waals surface area contributed by atoms with Gasteiger partial charge in [0.05, 0.1) is 12.5 Å². The van der Waals surface area contributed by atoms with E-state index in [1.807, 2.05) is 4.90 Å². The summed E-state index contributed by atoms with van der Waals surface area (Å²) in [5, 5.41) is 12.2. The number of carbonyl (C=O) groups is 2. The van der Waals surface area contributed by atoms with Gasteiger partial charge in [0.25, 0.3) is 0 Å². The van der Waals surface area contributed by atoms with Gasteiger partial charge in [0, 0.05) is 31.0 Å². The van der Waals surface area contributed by atoms with Crippen molar-refractivity contribution in [1.29, 1.82) is 0 Å². The number of aliphatic hydroxyl groups excluding tert-OH is 1. The van der Waals surface area contributed by atoms with Crippen molar-refractivity contribution in [1.82, 2.24) is 10.2 Å². The van der Waals surface area contributed by atoms with Crippen molar-refractivity contribution in [2.24, 2.45) is 11.3 Å². The third-order valence-corrected chi connectivity index (χ3v) is 5.22. The topological polar surface area (TPSA) is 69.6 Å². The van der Waals surface area contributed by atoms with Crippen LogP contribution in [0.15, 0.2) is 0 Å². The second-order valence-corrected chi connectivity index (χ2v) is 6.76. The monoisotopic (exact) mass is 280 g/mol. The highest BCUT2D eigenvalue weighted by atomic mass is 16.3. The molecule has 5 nitrogen and oxygen atoms in total. The molecule has 1 unspecified atom stereocenters. The maximum absolute atomic E-state index is 12.2. The minimum absolute atomic E-state index is 0.0152. The maximum atomic E-state index is 12.2. The molecule has 1 heterocycles. The summed E-state index contributed by atoms with van der Waals surface area (Å²) in [6, 6.07) is 0.368. The molecule has 3 aliphatic rings. The third-order valence-electron chi connectivity index (χ3n) is 5.22. The number of aliphatic hydroxyl groups is 1. The lowest BCUT2D eigenvalue weighted by Gasteiger charge is -2.24. The summed E-state index contributed by atoms with van der Waals surface area (Å²) in [6.45, 7) is 1.28. The SMILES string of the molecule is O=C(NCC1(CO)CC1)C1CC(=O)N(C2CCCC2)C1. The van der Waals surface area contributed by atoms with Gasteiger partial charge < -0.3 is 15.3 Å². The standard InChI is InChI=1S/C15H24N2O3/c18-10-15(5-6-15)9-16-14(20)11-7-13(19)17(8-11)12-3-1-2-4-12/h11-12,18H,1-10H2,(H,16,20). The summed E-state index contributed by atoms with van der Waals surface area (Å²) in [4.78, 5) is 26.1. The molecule has 1 aliphatic heterocycles. The van der Waals surface area contributed by atoms with Crippen molar-refractivity contribution in [2.75, 3.05) is 19.7 Å². The fourth-order valence-electron chi connectivity index (χ4n) is 3.46. The van der Waals surface area contributed by atoms with Crippen LogP contribution in [-0.4, -0.2) is 47.6 Å². The molecule has 0 aromatic carbocycles. The Morgan fingerprint density at radius 1 is 1.35 bits per heavy atom. The Balaban J connectivity index is 1.50. The van der Waals surface area contributed by atoms with Gasteiger partial charge in [-0.05, 0) is 25.7 Å². The lowest BCUT2D eigenvalue weighted by Crippen LogP contribution is -2.39. The van der Waals surface area contributed by atoms with Crippen LogP contribution in [0.5, 0.6) is 0 Å². The van der Waals surface area contributed by atoms with Crippen molar-refractivity contribution in [2.45, 2.75) is 51.0 Å². The zero-order valence-corrected chi connectivity index (χ0v) is 11.9. The highest BCUT2D eigenvalue weighted by Crippen LogP contribution is 2.44. The average Bonchev–Trinajstić information content (AvgIpc) is 2.86. The lowest BCUT2D eigenvalue weighted by molar-refractivity contribution is -0.130. The van der Waals surface area contributed by atoms with Crippen LogP contribution in [0.3, 0.4) is 0 Å². The second-order valence-electron chi connectivity index (χ2n) is 6.76. The molecule has 3 rings (SSSR count). The summed E-state index contributed by atoms with van der Waals surface area (Å²) in [5.74, 6) is -0.0727. The summed E-state index contributed by atoms with van der Waals surface area (Å²) in [5.41, 5.74) is -0.0661. The molecule has 1 atom stereocenters. The highest BCUT2D eigenvalue weighted by molar-refractivity contribution is 5.89. The maximum Gasteiger partial charge on any atom is 0.225 e. The number of likely N-dealkylation sites (tertiary alicyclic amines) is 1. The Bertz CT molecular complexity index is 400.